The Kier molecular flexibility index (Phi) is 4.08. The van der Waals surface area contributed by atoms with Crippen molar-refractivity contribution in [2.24, 2.45) is 5.73 Å². The minimum atomic E-state index is -3.40. The minimum Gasteiger partial charge on any atom is -0.373 e. The largest absolute Gasteiger partial charge is 0.373 e. The summed E-state index contributed by atoms with van der Waals surface area (Å²) in [6.45, 7) is 4.95. The summed E-state index contributed by atoms with van der Waals surface area (Å²) in [6.07, 6.45) is -0.144. The van der Waals surface area contributed by atoms with E-state index in [1.165, 1.54) is 15.6 Å². The molecule has 1 fully saturated rings. The van der Waals surface area contributed by atoms with Gasteiger partial charge in [-0.3, -0.25) is 0 Å². The Morgan fingerprint density at radius 1 is 1.44 bits per heavy atom. The lowest BCUT2D eigenvalue weighted by molar-refractivity contribution is -0.0440. The molecule has 0 saturated carbocycles. The second-order valence-corrected chi connectivity index (χ2v) is 7.63. The van der Waals surface area contributed by atoms with E-state index in [2.05, 4.69) is 0 Å². The normalized spacial score (nSPS) is 26.4. The van der Waals surface area contributed by atoms with Crippen molar-refractivity contribution in [3.63, 3.8) is 0 Å². The molecular weight excluding hydrogens is 272 g/mol. The minimum absolute atomic E-state index is 0.0718. The summed E-state index contributed by atoms with van der Waals surface area (Å²) in [6, 6.07) is 1.66. The van der Waals surface area contributed by atoms with E-state index in [4.69, 9.17) is 10.5 Å². The van der Waals surface area contributed by atoms with Gasteiger partial charge in [0.1, 0.15) is 4.21 Å². The Bertz CT molecular complexity index is 502. The molecule has 1 aromatic rings. The van der Waals surface area contributed by atoms with Crippen LogP contribution in [0.5, 0.6) is 0 Å². The summed E-state index contributed by atoms with van der Waals surface area (Å²) in [7, 11) is -3.40. The van der Waals surface area contributed by atoms with E-state index in [1.54, 1.807) is 11.4 Å². The van der Waals surface area contributed by atoms with Crippen molar-refractivity contribution in [1.82, 2.24) is 4.31 Å². The van der Waals surface area contributed by atoms with E-state index in [0.717, 1.165) is 5.56 Å². The average molecular weight is 290 g/mol. The maximum atomic E-state index is 12.4. The van der Waals surface area contributed by atoms with Gasteiger partial charge in [-0.25, -0.2) is 8.42 Å². The van der Waals surface area contributed by atoms with Crippen molar-refractivity contribution in [2.45, 2.75) is 36.8 Å². The number of rotatable bonds is 3. The molecule has 1 aliphatic heterocycles. The monoisotopic (exact) mass is 290 g/mol. The standard InChI is InChI=1S/C11H18N2O3S2/c1-8-5-13(6-9(2)16-8)18(14,15)11-3-10(4-12)7-17-11/h3,7-9H,4-6,12H2,1-2H3. The highest BCUT2D eigenvalue weighted by atomic mass is 32.2. The topological polar surface area (TPSA) is 72.6 Å². The van der Waals surface area contributed by atoms with Crippen LogP contribution in [0.3, 0.4) is 0 Å². The van der Waals surface area contributed by atoms with E-state index >= 15 is 0 Å². The SMILES string of the molecule is CC1CN(S(=O)(=O)c2cc(CN)cs2)CC(C)O1. The molecule has 0 aromatic carbocycles. The molecule has 1 aliphatic rings. The van der Waals surface area contributed by atoms with Crippen molar-refractivity contribution in [3.05, 3.63) is 17.0 Å². The molecule has 7 heteroatoms. The van der Waals surface area contributed by atoms with Gasteiger partial charge in [-0.1, -0.05) is 0 Å². The third-order valence-electron chi connectivity index (χ3n) is 2.85. The van der Waals surface area contributed by atoms with Gasteiger partial charge < -0.3 is 10.5 Å². The Labute approximate surface area is 112 Å². The zero-order valence-electron chi connectivity index (χ0n) is 10.5. The molecule has 2 rings (SSSR count). The number of ether oxygens (including phenoxy) is 1. The van der Waals surface area contributed by atoms with Crippen LogP contribution in [-0.4, -0.2) is 38.0 Å². The van der Waals surface area contributed by atoms with Crippen LogP contribution in [0.4, 0.5) is 0 Å². The molecule has 0 aliphatic carbocycles. The van der Waals surface area contributed by atoms with Gasteiger partial charge in [-0.2, -0.15) is 4.31 Å². The Morgan fingerprint density at radius 3 is 2.56 bits per heavy atom. The summed E-state index contributed by atoms with van der Waals surface area (Å²) in [5, 5.41) is 1.79. The summed E-state index contributed by atoms with van der Waals surface area (Å²) in [4.78, 5) is 0. The Balaban J connectivity index is 2.25. The molecule has 0 bridgehead atoms. The van der Waals surface area contributed by atoms with Crippen molar-refractivity contribution in [2.75, 3.05) is 13.1 Å². The molecule has 0 spiro atoms. The lowest BCUT2D eigenvalue weighted by atomic mass is 10.3. The predicted octanol–water partition coefficient (Wildman–Crippen LogP) is 1.00. The van der Waals surface area contributed by atoms with E-state index in [0.29, 0.717) is 23.8 Å². The fourth-order valence-electron chi connectivity index (χ4n) is 2.05. The first-order valence-corrected chi connectivity index (χ1v) is 8.18. The first-order chi connectivity index (χ1) is 8.43. The number of hydrogen-bond acceptors (Lipinski definition) is 5. The third-order valence-corrected chi connectivity index (χ3v) is 6.14. The molecule has 1 aromatic heterocycles. The smallest absolute Gasteiger partial charge is 0.252 e. The highest BCUT2D eigenvalue weighted by Crippen LogP contribution is 2.26. The third kappa shape index (κ3) is 2.75. The van der Waals surface area contributed by atoms with E-state index in [-0.39, 0.29) is 12.2 Å². The molecule has 2 N–H and O–H groups in total. The van der Waals surface area contributed by atoms with Crippen LogP contribution in [0.2, 0.25) is 0 Å². The van der Waals surface area contributed by atoms with Crippen LogP contribution in [0.15, 0.2) is 15.7 Å². The van der Waals surface area contributed by atoms with Crippen molar-refractivity contribution >= 4 is 21.4 Å². The molecule has 5 nitrogen and oxygen atoms in total. The number of hydrogen-bond donors (Lipinski definition) is 1. The lowest BCUT2D eigenvalue weighted by Crippen LogP contribution is -2.47. The summed E-state index contributed by atoms with van der Waals surface area (Å²) in [5.41, 5.74) is 6.36. The molecule has 2 unspecified atom stereocenters. The Morgan fingerprint density at radius 2 is 2.06 bits per heavy atom. The van der Waals surface area contributed by atoms with Gasteiger partial charge in [0, 0.05) is 19.6 Å². The van der Waals surface area contributed by atoms with E-state index < -0.39 is 10.0 Å². The highest BCUT2D eigenvalue weighted by Gasteiger charge is 2.32. The first kappa shape index (κ1) is 14.0. The summed E-state index contributed by atoms with van der Waals surface area (Å²) in [5.74, 6) is 0. The van der Waals surface area contributed by atoms with Crippen LogP contribution in [0.25, 0.3) is 0 Å². The van der Waals surface area contributed by atoms with Gasteiger partial charge in [-0.15, -0.1) is 11.3 Å². The van der Waals surface area contributed by atoms with Gasteiger partial charge in [0.25, 0.3) is 10.0 Å². The van der Waals surface area contributed by atoms with Gasteiger partial charge in [0.05, 0.1) is 12.2 Å². The second-order valence-electron chi connectivity index (χ2n) is 4.56. The molecule has 2 heterocycles. The number of sulfonamides is 1. The highest BCUT2D eigenvalue weighted by molar-refractivity contribution is 7.91. The van der Waals surface area contributed by atoms with E-state index in [9.17, 15) is 8.42 Å². The Hall–Kier alpha value is -0.470. The van der Waals surface area contributed by atoms with Gasteiger partial charge in [0.2, 0.25) is 0 Å². The van der Waals surface area contributed by atoms with Gasteiger partial charge in [-0.05, 0) is 30.9 Å². The zero-order chi connectivity index (χ0) is 13.3. The number of morpholine rings is 1. The quantitative estimate of drug-likeness (QED) is 0.901. The average Bonchev–Trinajstić information content (AvgIpc) is 2.76. The fourth-order valence-corrected chi connectivity index (χ4v) is 5.02. The van der Waals surface area contributed by atoms with E-state index in [1.807, 2.05) is 13.8 Å². The van der Waals surface area contributed by atoms with Crippen molar-refractivity contribution in [1.29, 1.82) is 0 Å². The molecule has 2 atom stereocenters. The van der Waals surface area contributed by atoms with Crippen molar-refractivity contribution in [3.8, 4) is 0 Å². The van der Waals surface area contributed by atoms with Gasteiger partial charge in [0.15, 0.2) is 0 Å². The number of thiophene rings is 1. The maximum Gasteiger partial charge on any atom is 0.252 e. The molecule has 0 amide bonds. The van der Waals surface area contributed by atoms with Crippen LogP contribution in [-0.2, 0) is 21.3 Å². The van der Waals surface area contributed by atoms with Crippen LogP contribution >= 0.6 is 11.3 Å². The number of nitrogens with two attached hydrogens (primary N) is 1. The second kappa shape index (κ2) is 5.26. The maximum absolute atomic E-state index is 12.4. The first-order valence-electron chi connectivity index (χ1n) is 5.86. The zero-order valence-corrected chi connectivity index (χ0v) is 12.1. The molecule has 102 valence electrons. The summed E-state index contributed by atoms with van der Waals surface area (Å²) < 4.78 is 32.3. The molecule has 0 radical (unpaired) electrons. The summed E-state index contributed by atoms with van der Waals surface area (Å²) >= 11 is 1.23. The predicted molar refractivity (Wildman–Crippen MR) is 71.0 cm³/mol. The number of nitrogens with zero attached hydrogens (tertiary/aromatic N) is 1. The van der Waals surface area contributed by atoms with Gasteiger partial charge >= 0.3 is 0 Å². The van der Waals surface area contributed by atoms with Crippen LogP contribution < -0.4 is 5.73 Å². The lowest BCUT2D eigenvalue weighted by Gasteiger charge is -2.34. The molecular formula is C11H18N2O3S2. The molecule has 18 heavy (non-hydrogen) atoms. The van der Waals surface area contributed by atoms with Crippen LogP contribution in [0, 0.1) is 0 Å². The van der Waals surface area contributed by atoms with Crippen molar-refractivity contribution < 1.29 is 13.2 Å². The van der Waals surface area contributed by atoms with Crippen LogP contribution in [0.1, 0.15) is 19.4 Å². The fraction of sp³-hybridized carbons (Fsp3) is 0.636. The molecule has 1 saturated heterocycles.